The predicted octanol–water partition coefficient (Wildman–Crippen LogP) is 15.6. The summed E-state index contributed by atoms with van der Waals surface area (Å²) in [5.74, 6) is 0. The standard InChI is InChI=1S/C58H40/c1-3-13-47(14-4-1)57(55-31-29-45-11-7-9-17-49(45)39-55)37-43-23-27-51-33-41(21-25-53(51)35-43)19-20-42-22-26-54-36-44(24-28-52(54)34-42)38-58(48-15-5-2-6-16-48)56-32-30-46-12-8-10-18-50(46)40-56/h1-40H. The Balaban J connectivity index is 0.909. The van der Waals surface area contributed by atoms with Crippen LogP contribution in [0.3, 0.4) is 0 Å². The molecule has 0 aliphatic carbocycles. The van der Waals surface area contributed by atoms with Gasteiger partial charge < -0.3 is 0 Å². The zero-order valence-corrected chi connectivity index (χ0v) is 32.1. The van der Waals surface area contributed by atoms with E-state index in [1.807, 2.05) is 0 Å². The fourth-order valence-corrected chi connectivity index (χ4v) is 8.09. The molecule has 0 aliphatic rings. The Labute approximate surface area is 340 Å². The molecule has 0 aliphatic heterocycles. The summed E-state index contributed by atoms with van der Waals surface area (Å²) in [5, 5.41) is 9.90. The van der Waals surface area contributed by atoms with Crippen molar-refractivity contribution in [2.75, 3.05) is 0 Å². The highest BCUT2D eigenvalue weighted by Crippen LogP contribution is 2.32. The molecule has 10 rings (SSSR count). The summed E-state index contributed by atoms with van der Waals surface area (Å²) in [7, 11) is 0. The summed E-state index contributed by atoms with van der Waals surface area (Å²) in [6.45, 7) is 0. The first-order chi connectivity index (χ1) is 28.7. The van der Waals surface area contributed by atoms with Crippen LogP contribution in [0.25, 0.3) is 78.5 Å². The molecule has 0 unspecified atom stereocenters. The fourth-order valence-electron chi connectivity index (χ4n) is 8.09. The lowest BCUT2D eigenvalue weighted by molar-refractivity contribution is 1.57. The van der Waals surface area contributed by atoms with Crippen LogP contribution in [0.2, 0.25) is 0 Å². The van der Waals surface area contributed by atoms with Crippen molar-refractivity contribution in [2.24, 2.45) is 0 Å². The molecule has 58 heavy (non-hydrogen) atoms. The van der Waals surface area contributed by atoms with Gasteiger partial charge in [0, 0.05) is 0 Å². The summed E-state index contributed by atoms with van der Waals surface area (Å²) in [6.07, 6.45) is 9.07. The first kappa shape index (κ1) is 34.9. The molecule has 0 N–H and O–H groups in total. The van der Waals surface area contributed by atoms with Crippen molar-refractivity contribution in [3.8, 4) is 0 Å². The molecule has 0 heterocycles. The van der Waals surface area contributed by atoms with Crippen molar-refractivity contribution in [1.29, 1.82) is 0 Å². The van der Waals surface area contributed by atoms with E-state index in [2.05, 4.69) is 243 Å². The predicted molar refractivity (Wildman–Crippen MR) is 252 cm³/mol. The van der Waals surface area contributed by atoms with E-state index < -0.39 is 0 Å². The summed E-state index contributed by atoms with van der Waals surface area (Å²) in [4.78, 5) is 0. The van der Waals surface area contributed by atoms with E-state index in [1.165, 1.54) is 98.7 Å². The molecule has 0 fully saturated rings. The largest absolute Gasteiger partial charge is 0.0622 e. The number of fused-ring (bicyclic) bond motifs is 4. The van der Waals surface area contributed by atoms with E-state index in [0.29, 0.717) is 0 Å². The molecular weight excluding hydrogens is 697 g/mol. The highest BCUT2D eigenvalue weighted by Gasteiger charge is 2.09. The molecule has 0 heteroatoms. The van der Waals surface area contributed by atoms with Crippen molar-refractivity contribution in [3.63, 3.8) is 0 Å². The Morgan fingerprint density at radius 3 is 0.948 bits per heavy atom. The van der Waals surface area contributed by atoms with Gasteiger partial charge in [0.05, 0.1) is 0 Å². The molecule has 0 nitrogen and oxygen atoms in total. The maximum absolute atomic E-state index is 2.32. The van der Waals surface area contributed by atoms with E-state index in [9.17, 15) is 0 Å². The maximum Gasteiger partial charge on any atom is -0.0105 e. The molecule has 0 amide bonds. The Hall–Kier alpha value is -7.54. The van der Waals surface area contributed by atoms with Gasteiger partial charge in [-0.1, -0.05) is 194 Å². The van der Waals surface area contributed by atoms with Crippen LogP contribution in [0.1, 0.15) is 44.5 Å². The van der Waals surface area contributed by atoms with Gasteiger partial charge in [0.15, 0.2) is 0 Å². The van der Waals surface area contributed by atoms with Gasteiger partial charge in [0.1, 0.15) is 0 Å². The van der Waals surface area contributed by atoms with Crippen molar-refractivity contribution in [3.05, 3.63) is 263 Å². The average Bonchev–Trinajstić information content (AvgIpc) is 3.29. The Morgan fingerprint density at radius 2 is 0.534 bits per heavy atom. The lowest BCUT2D eigenvalue weighted by Gasteiger charge is -2.11. The molecule has 0 bridgehead atoms. The Bertz CT molecular complexity index is 2980. The molecule has 10 aromatic rings. The van der Waals surface area contributed by atoms with Gasteiger partial charge >= 0.3 is 0 Å². The third kappa shape index (κ3) is 7.40. The fraction of sp³-hybridized carbons (Fsp3) is 0. The molecular formula is C58H40. The highest BCUT2D eigenvalue weighted by molar-refractivity contribution is 5.99. The maximum atomic E-state index is 2.32. The third-order valence-electron chi connectivity index (χ3n) is 11.2. The van der Waals surface area contributed by atoms with Gasteiger partial charge in [-0.05, 0) is 147 Å². The van der Waals surface area contributed by atoms with Gasteiger partial charge in [0.2, 0.25) is 0 Å². The van der Waals surface area contributed by atoms with E-state index in [4.69, 9.17) is 0 Å². The Morgan fingerprint density at radius 1 is 0.224 bits per heavy atom. The number of hydrogen-bond acceptors (Lipinski definition) is 0. The van der Waals surface area contributed by atoms with Crippen LogP contribution < -0.4 is 0 Å². The van der Waals surface area contributed by atoms with Gasteiger partial charge in [-0.15, -0.1) is 0 Å². The van der Waals surface area contributed by atoms with Crippen LogP contribution in [0.15, 0.2) is 218 Å². The molecule has 0 atom stereocenters. The van der Waals surface area contributed by atoms with Crippen LogP contribution >= 0.6 is 0 Å². The zero-order valence-electron chi connectivity index (χ0n) is 32.1. The average molecular weight is 737 g/mol. The molecule has 0 saturated heterocycles. The summed E-state index contributed by atoms with van der Waals surface area (Å²) >= 11 is 0. The van der Waals surface area contributed by atoms with Gasteiger partial charge in [-0.2, -0.15) is 0 Å². The van der Waals surface area contributed by atoms with Gasteiger partial charge in [0.25, 0.3) is 0 Å². The Kier molecular flexibility index (Phi) is 9.35. The molecule has 10 aromatic carbocycles. The van der Waals surface area contributed by atoms with Crippen LogP contribution in [-0.4, -0.2) is 0 Å². The van der Waals surface area contributed by atoms with E-state index in [0.717, 1.165) is 0 Å². The minimum absolute atomic E-state index is 1.18. The lowest BCUT2D eigenvalue weighted by atomic mass is 9.93. The molecule has 272 valence electrons. The zero-order chi connectivity index (χ0) is 38.7. The molecule has 0 saturated carbocycles. The SMILES string of the molecule is C(=Cc1ccc2cc(C=C(c3ccccc3)c3ccc4ccccc4c3)ccc2c1)c1ccc2cc(C=C(c3ccccc3)c3ccc4ccccc4c3)ccc2c1. The second kappa shape index (κ2) is 15.5. The van der Waals surface area contributed by atoms with E-state index in [-0.39, 0.29) is 0 Å². The molecule has 0 spiro atoms. The highest BCUT2D eigenvalue weighted by atomic mass is 14.1. The van der Waals surface area contributed by atoms with Crippen molar-refractivity contribution < 1.29 is 0 Å². The minimum atomic E-state index is 1.18. The quantitative estimate of drug-likeness (QED) is 0.136. The number of hydrogen-bond donors (Lipinski definition) is 0. The van der Waals surface area contributed by atoms with Crippen LogP contribution in [0.4, 0.5) is 0 Å². The topological polar surface area (TPSA) is 0 Å². The molecule has 0 aromatic heterocycles. The summed E-state index contributed by atoms with van der Waals surface area (Å²) in [5.41, 5.74) is 12.0. The lowest BCUT2D eigenvalue weighted by Crippen LogP contribution is -1.89. The number of benzene rings is 10. The van der Waals surface area contributed by atoms with Crippen LogP contribution in [0, 0.1) is 0 Å². The van der Waals surface area contributed by atoms with E-state index >= 15 is 0 Å². The first-order valence-corrected chi connectivity index (χ1v) is 20.0. The van der Waals surface area contributed by atoms with Crippen molar-refractivity contribution in [2.45, 2.75) is 0 Å². The molecule has 0 radical (unpaired) electrons. The second-order valence-corrected chi connectivity index (χ2v) is 15.0. The summed E-state index contributed by atoms with van der Waals surface area (Å²) < 4.78 is 0. The van der Waals surface area contributed by atoms with Crippen molar-refractivity contribution in [1.82, 2.24) is 0 Å². The normalized spacial score (nSPS) is 12.3. The minimum Gasteiger partial charge on any atom is -0.0622 e. The number of rotatable bonds is 8. The third-order valence-corrected chi connectivity index (χ3v) is 11.2. The second-order valence-electron chi connectivity index (χ2n) is 15.0. The van der Waals surface area contributed by atoms with Crippen LogP contribution in [-0.2, 0) is 0 Å². The first-order valence-electron chi connectivity index (χ1n) is 20.0. The summed E-state index contributed by atoms with van der Waals surface area (Å²) in [6, 6.07) is 79.0. The van der Waals surface area contributed by atoms with Gasteiger partial charge in [-0.25, -0.2) is 0 Å². The van der Waals surface area contributed by atoms with E-state index in [1.54, 1.807) is 0 Å². The van der Waals surface area contributed by atoms with Crippen LogP contribution in [0.5, 0.6) is 0 Å². The monoisotopic (exact) mass is 736 g/mol. The smallest absolute Gasteiger partial charge is 0.0105 e. The van der Waals surface area contributed by atoms with Gasteiger partial charge in [-0.3, -0.25) is 0 Å². The van der Waals surface area contributed by atoms with Crippen molar-refractivity contribution >= 4 is 78.5 Å².